The maximum atomic E-state index is 5.95. The molecule has 0 bridgehead atoms. The van der Waals surface area contributed by atoms with Crippen LogP contribution in [-0.2, 0) is 6.54 Å². The van der Waals surface area contributed by atoms with E-state index in [0.29, 0.717) is 0 Å². The number of unbranched alkanes of at least 4 members (excludes halogenated alkanes) is 6. The number of halogens is 1. The number of hydrogen-bond donors (Lipinski definition) is 1. The standard InChI is InChI=1S/C13H23ClN2S/c1-12-13(14)11-15-16(12)9-7-5-3-2-4-6-8-10-17/h11,17H,2-10H2,1H3. The molecule has 1 rings (SSSR count). The first kappa shape index (κ1) is 14.9. The van der Waals surface area contributed by atoms with Gasteiger partial charge in [-0.2, -0.15) is 17.7 Å². The van der Waals surface area contributed by atoms with Crippen LogP contribution in [0, 0.1) is 6.92 Å². The predicted molar refractivity (Wildman–Crippen MR) is 78.1 cm³/mol. The van der Waals surface area contributed by atoms with Crippen LogP contribution in [0.25, 0.3) is 0 Å². The van der Waals surface area contributed by atoms with Crippen molar-refractivity contribution in [3.8, 4) is 0 Å². The van der Waals surface area contributed by atoms with Crippen molar-refractivity contribution in [2.24, 2.45) is 0 Å². The van der Waals surface area contributed by atoms with Gasteiger partial charge in [-0.05, 0) is 25.5 Å². The van der Waals surface area contributed by atoms with Gasteiger partial charge in [-0.15, -0.1) is 0 Å². The second-order valence-electron chi connectivity index (χ2n) is 4.50. The van der Waals surface area contributed by atoms with E-state index in [1.54, 1.807) is 6.20 Å². The zero-order valence-corrected chi connectivity index (χ0v) is 12.3. The largest absolute Gasteiger partial charge is 0.268 e. The summed E-state index contributed by atoms with van der Waals surface area (Å²) in [6.07, 6.45) is 10.9. The minimum absolute atomic E-state index is 0.775. The molecule has 1 heterocycles. The van der Waals surface area contributed by atoms with Crippen LogP contribution in [0.2, 0.25) is 5.02 Å². The van der Waals surface area contributed by atoms with Crippen molar-refractivity contribution in [2.45, 2.75) is 58.4 Å². The average molecular weight is 275 g/mol. The van der Waals surface area contributed by atoms with Gasteiger partial charge in [-0.3, -0.25) is 4.68 Å². The lowest BCUT2D eigenvalue weighted by Crippen LogP contribution is -2.02. The number of thiol groups is 1. The highest BCUT2D eigenvalue weighted by Gasteiger charge is 2.02. The molecule has 2 nitrogen and oxygen atoms in total. The Morgan fingerprint density at radius 2 is 1.71 bits per heavy atom. The van der Waals surface area contributed by atoms with Crippen LogP contribution < -0.4 is 0 Å². The molecular weight excluding hydrogens is 252 g/mol. The van der Waals surface area contributed by atoms with Crippen LogP contribution in [0.3, 0.4) is 0 Å². The van der Waals surface area contributed by atoms with Gasteiger partial charge in [-0.25, -0.2) is 0 Å². The molecule has 1 aromatic rings. The van der Waals surface area contributed by atoms with Gasteiger partial charge >= 0.3 is 0 Å². The minimum Gasteiger partial charge on any atom is -0.268 e. The Kier molecular flexibility index (Phi) is 7.78. The zero-order valence-electron chi connectivity index (χ0n) is 10.7. The molecule has 17 heavy (non-hydrogen) atoms. The van der Waals surface area contributed by atoms with E-state index in [-0.39, 0.29) is 0 Å². The van der Waals surface area contributed by atoms with E-state index in [4.69, 9.17) is 11.6 Å². The Balaban J connectivity index is 1.99. The molecule has 1 aromatic heterocycles. The normalized spacial score (nSPS) is 11.0. The van der Waals surface area contributed by atoms with E-state index in [1.807, 2.05) is 11.6 Å². The number of rotatable bonds is 9. The monoisotopic (exact) mass is 274 g/mol. The van der Waals surface area contributed by atoms with Gasteiger partial charge in [0.25, 0.3) is 0 Å². The van der Waals surface area contributed by atoms with Crippen molar-refractivity contribution < 1.29 is 0 Å². The summed E-state index contributed by atoms with van der Waals surface area (Å²) >= 11 is 10.2. The third kappa shape index (κ3) is 5.82. The van der Waals surface area contributed by atoms with Gasteiger partial charge < -0.3 is 0 Å². The molecule has 0 unspecified atom stereocenters. The molecule has 4 heteroatoms. The average Bonchev–Trinajstić information content (AvgIpc) is 2.64. The lowest BCUT2D eigenvalue weighted by atomic mass is 10.1. The molecule has 0 atom stereocenters. The molecule has 0 aromatic carbocycles. The third-order valence-corrected chi connectivity index (χ3v) is 3.76. The molecule has 98 valence electrons. The number of aryl methyl sites for hydroxylation is 1. The first-order valence-corrected chi connectivity index (χ1v) is 7.55. The molecule has 0 aliphatic rings. The molecule has 0 amide bonds. The van der Waals surface area contributed by atoms with Crippen LogP contribution >= 0.6 is 24.2 Å². The van der Waals surface area contributed by atoms with E-state index >= 15 is 0 Å². The van der Waals surface area contributed by atoms with Crippen molar-refractivity contribution in [1.29, 1.82) is 0 Å². The smallest absolute Gasteiger partial charge is 0.0814 e. The van der Waals surface area contributed by atoms with E-state index in [0.717, 1.165) is 23.0 Å². The second-order valence-corrected chi connectivity index (χ2v) is 5.35. The van der Waals surface area contributed by atoms with E-state index < -0.39 is 0 Å². The molecule has 0 aliphatic carbocycles. The van der Waals surface area contributed by atoms with Crippen molar-refractivity contribution >= 4 is 24.2 Å². The Morgan fingerprint density at radius 1 is 1.12 bits per heavy atom. The Bertz CT molecular complexity index is 312. The second kappa shape index (κ2) is 8.87. The van der Waals surface area contributed by atoms with Crippen LogP contribution in [-0.4, -0.2) is 15.5 Å². The Hall–Kier alpha value is -0.150. The van der Waals surface area contributed by atoms with Gasteiger partial charge in [0.05, 0.1) is 16.9 Å². The van der Waals surface area contributed by atoms with Gasteiger partial charge in [0.1, 0.15) is 0 Å². The SMILES string of the molecule is Cc1c(Cl)cnn1CCCCCCCCCS. The summed E-state index contributed by atoms with van der Waals surface area (Å²) in [6, 6.07) is 0. The first-order chi connectivity index (χ1) is 8.25. The van der Waals surface area contributed by atoms with Crippen molar-refractivity contribution in [3.05, 3.63) is 16.9 Å². The molecule has 0 saturated carbocycles. The van der Waals surface area contributed by atoms with Gasteiger partial charge in [0.2, 0.25) is 0 Å². The van der Waals surface area contributed by atoms with Crippen LogP contribution in [0.5, 0.6) is 0 Å². The van der Waals surface area contributed by atoms with E-state index in [9.17, 15) is 0 Å². The summed E-state index contributed by atoms with van der Waals surface area (Å²) in [5, 5.41) is 5.02. The summed E-state index contributed by atoms with van der Waals surface area (Å²) in [6.45, 7) is 3.02. The predicted octanol–water partition coefficient (Wildman–Crippen LogP) is 4.51. The summed E-state index contributed by atoms with van der Waals surface area (Å²) in [7, 11) is 0. The fraction of sp³-hybridized carbons (Fsp3) is 0.769. The molecule has 0 saturated heterocycles. The molecule has 0 aliphatic heterocycles. The highest BCUT2D eigenvalue weighted by molar-refractivity contribution is 7.80. The molecule has 0 radical (unpaired) electrons. The van der Waals surface area contributed by atoms with Crippen LogP contribution in [0.15, 0.2) is 6.20 Å². The highest BCUT2D eigenvalue weighted by atomic mass is 35.5. The number of nitrogens with zero attached hydrogens (tertiary/aromatic N) is 2. The van der Waals surface area contributed by atoms with Crippen molar-refractivity contribution in [2.75, 3.05) is 5.75 Å². The molecule has 0 spiro atoms. The summed E-state index contributed by atoms with van der Waals surface area (Å²) in [5.74, 6) is 1.03. The quantitative estimate of drug-likeness (QED) is 0.518. The Morgan fingerprint density at radius 3 is 2.24 bits per heavy atom. The summed E-state index contributed by atoms with van der Waals surface area (Å²) in [4.78, 5) is 0. The van der Waals surface area contributed by atoms with Gasteiger partial charge in [0, 0.05) is 6.54 Å². The lowest BCUT2D eigenvalue weighted by molar-refractivity contribution is 0.516. The van der Waals surface area contributed by atoms with E-state index in [2.05, 4.69) is 17.7 Å². The third-order valence-electron chi connectivity index (χ3n) is 3.07. The molecule has 0 N–H and O–H groups in total. The van der Waals surface area contributed by atoms with Crippen LogP contribution in [0.4, 0.5) is 0 Å². The lowest BCUT2D eigenvalue weighted by Gasteiger charge is -2.04. The fourth-order valence-corrected chi connectivity index (χ4v) is 2.27. The minimum atomic E-state index is 0.775. The molecular formula is C13H23ClN2S. The fourth-order valence-electron chi connectivity index (χ4n) is 1.91. The number of aromatic nitrogens is 2. The highest BCUT2D eigenvalue weighted by Crippen LogP contribution is 2.14. The summed E-state index contributed by atoms with van der Waals surface area (Å²) < 4.78 is 2.00. The maximum Gasteiger partial charge on any atom is 0.0814 e. The van der Waals surface area contributed by atoms with E-state index in [1.165, 1.54) is 44.9 Å². The first-order valence-electron chi connectivity index (χ1n) is 6.54. The van der Waals surface area contributed by atoms with Crippen LogP contribution in [0.1, 0.15) is 50.6 Å². The number of hydrogen-bond acceptors (Lipinski definition) is 2. The Labute approximate surface area is 115 Å². The molecule has 0 fully saturated rings. The van der Waals surface area contributed by atoms with Crippen molar-refractivity contribution in [1.82, 2.24) is 9.78 Å². The zero-order chi connectivity index (χ0) is 12.5. The van der Waals surface area contributed by atoms with Gasteiger partial charge in [0.15, 0.2) is 0 Å². The topological polar surface area (TPSA) is 17.8 Å². The maximum absolute atomic E-state index is 5.95. The van der Waals surface area contributed by atoms with Gasteiger partial charge in [-0.1, -0.05) is 43.7 Å². The van der Waals surface area contributed by atoms with Crippen molar-refractivity contribution in [3.63, 3.8) is 0 Å². The summed E-state index contributed by atoms with van der Waals surface area (Å²) in [5.41, 5.74) is 1.08.